The van der Waals surface area contributed by atoms with Gasteiger partial charge in [-0.3, -0.25) is 0 Å². The van der Waals surface area contributed by atoms with Crippen LogP contribution in [0.5, 0.6) is 0 Å². The first-order chi connectivity index (χ1) is 8.63. The van der Waals surface area contributed by atoms with Crippen molar-refractivity contribution in [3.05, 3.63) is 5.82 Å². The van der Waals surface area contributed by atoms with E-state index < -0.39 is 26.1 Å². The fourth-order valence-corrected chi connectivity index (χ4v) is 2.50. The fraction of sp³-hybridized carbons (Fsp3) is 0.800. The van der Waals surface area contributed by atoms with E-state index in [9.17, 15) is 18.3 Å². The van der Waals surface area contributed by atoms with Crippen LogP contribution in [0.15, 0.2) is 0 Å². The van der Waals surface area contributed by atoms with E-state index in [1.807, 2.05) is 0 Å². The minimum Gasteiger partial charge on any atom is -0.479 e. The quantitative estimate of drug-likeness (QED) is 0.823. The SMILES string of the molecule is CC(C)(c1nnnn1C1(C(=O)O)CCC1)S(C)(=O)=O. The van der Waals surface area contributed by atoms with Gasteiger partial charge in [0.2, 0.25) is 0 Å². The third-order valence-corrected chi connectivity index (χ3v) is 5.96. The predicted octanol–water partition coefficient (Wildman–Crippen LogP) is -0.0834. The van der Waals surface area contributed by atoms with Crippen LogP contribution in [0.25, 0.3) is 0 Å². The van der Waals surface area contributed by atoms with Crippen LogP contribution in [0.1, 0.15) is 38.9 Å². The third kappa shape index (κ3) is 1.83. The average molecular weight is 288 g/mol. The molecule has 0 aliphatic heterocycles. The molecule has 1 aromatic rings. The molecule has 8 nitrogen and oxygen atoms in total. The predicted molar refractivity (Wildman–Crippen MR) is 65.1 cm³/mol. The lowest BCUT2D eigenvalue weighted by atomic mass is 9.76. The average Bonchev–Trinajstić information content (AvgIpc) is 2.62. The van der Waals surface area contributed by atoms with Gasteiger partial charge < -0.3 is 5.11 Å². The molecule has 0 bridgehead atoms. The van der Waals surface area contributed by atoms with Crippen molar-refractivity contribution in [1.29, 1.82) is 0 Å². The van der Waals surface area contributed by atoms with Crippen molar-refractivity contribution in [2.24, 2.45) is 0 Å². The number of aromatic nitrogens is 4. The molecule has 1 aromatic heterocycles. The van der Waals surface area contributed by atoms with Gasteiger partial charge >= 0.3 is 5.97 Å². The van der Waals surface area contributed by atoms with Gasteiger partial charge in [0.05, 0.1) is 0 Å². The molecule has 0 amide bonds. The van der Waals surface area contributed by atoms with Crippen molar-refractivity contribution >= 4 is 15.8 Å². The Hall–Kier alpha value is -1.51. The fourth-order valence-electron chi connectivity index (χ4n) is 2.04. The Morgan fingerprint density at radius 2 is 2.00 bits per heavy atom. The zero-order valence-electron chi connectivity index (χ0n) is 11.0. The molecule has 0 unspecified atom stereocenters. The van der Waals surface area contributed by atoms with Crippen LogP contribution in [0.2, 0.25) is 0 Å². The van der Waals surface area contributed by atoms with Gasteiger partial charge in [0.15, 0.2) is 21.2 Å². The number of hydrogen-bond acceptors (Lipinski definition) is 6. The van der Waals surface area contributed by atoms with E-state index in [-0.39, 0.29) is 5.82 Å². The van der Waals surface area contributed by atoms with Crippen molar-refractivity contribution in [3.63, 3.8) is 0 Å². The molecule has 1 saturated carbocycles. The van der Waals surface area contributed by atoms with Gasteiger partial charge in [0, 0.05) is 6.26 Å². The number of nitrogens with zero attached hydrogens (tertiary/aromatic N) is 4. The summed E-state index contributed by atoms with van der Waals surface area (Å²) in [6.07, 6.45) is 2.64. The summed E-state index contributed by atoms with van der Waals surface area (Å²) in [5.74, 6) is -0.964. The van der Waals surface area contributed by atoms with Crippen LogP contribution >= 0.6 is 0 Å². The molecule has 0 saturated heterocycles. The number of rotatable bonds is 4. The van der Waals surface area contributed by atoms with Crippen LogP contribution in [-0.2, 0) is 24.9 Å². The summed E-state index contributed by atoms with van der Waals surface area (Å²) < 4.78 is 23.5. The van der Waals surface area contributed by atoms with E-state index in [0.29, 0.717) is 12.8 Å². The molecule has 2 rings (SSSR count). The van der Waals surface area contributed by atoms with Crippen molar-refractivity contribution in [3.8, 4) is 0 Å². The molecule has 1 fully saturated rings. The number of carboxylic acid groups (broad SMARTS) is 1. The van der Waals surface area contributed by atoms with Crippen LogP contribution in [-0.4, -0.2) is 46.0 Å². The molecule has 1 aliphatic carbocycles. The molecule has 0 aromatic carbocycles. The Bertz CT molecular complexity index is 615. The second-order valence-electron chi connectivity index (χ2n) is 5.39. The van der Waals surface area contributed by atoms with Crippen molar-refractivity contribution in [1.82, 2.24) is 20.2 Å². The highest BCUT2D eigenvalue weighted by atomic mass is 32.2. The first kappa shape index (κ1) is 13.9. The van der Waals surface area contributed by atoms with Crippen molar-refractivity contribution < 1.29 is 18.3 Å². The standard InChI is InChI=1S/C10H16N4O4S/c1-9(2,19(3,17)18)7-11-12-13-14(7)10(8(15)16)5-4-6-10/h4-6H2,1-3H3,(H,15,16). The second kappa shape index (κ2) is 3.99. The molecule has 106 valence electrons. The highest BCUT2D eigenvalue weighted by molar-refractivity contribution is 7.91. The van der Waals surface area contributed by atoms with Gasteiger partial charge in [0.25, 0.3) is 0 Å². The monoisotopic (exact) mass is 288 g/mol. The molecule has 1 heterocycles. The number of carbonyl (C=O) groups is 1. The van der Waals surface area contributed by atoms with Crippen molar-refractivity contribution in [2.75, 3.05) is 6.26 Å². The van der Waals surface area contributed by atoms with E-state index in [4.69, 9.17) is 0 Å². The number of carboxylic acids is 1. The lowest BCUT2D eigenvalue weighted by Crippen LogP contribution is -2.51. The zero-order chi connectivity index (χ0) is 14.5. The Balaban J connectivity index is 2.59. The molecule has 0 radical (unpaired) electrons. The molecule has 1 N–H and O–H groups in total. The summed E-state index contributed by atoms with van der Waals surface area (Å²) in [4.78, 5) is 11.5. The minimum atomic E-state index is -3.47. The molecular weight excluding hydrogens is 272 g/mol. The number of aliphatic carboxylic acids is 1. The topological polar surface area (TPSA) is 115 Å². The van der Waals surface area contributed by atoms with E-state index in [1.165, 1.54) is 18.5 Å². The smallest absolute Gasteiger partial charge is 0.331 e. The number of sulfone groups is 1. The molecule has 9 heteroatoms. The van der Waals surface area contributed by atoms with Crippen LogP contribution < -0.4 is 0 Å². The van der Waals surface area contributed by atoms with Gasteiger partial charge in [-0.1, -0.05) is 0 Å². The summed E-state index contributed by atoms with van der Waals surface area (Å²) in [7, 11) is -3.47. The highest BCUT2D eigenvalue weighted by Crippen LogP contribution is 2.41. The molecule has 19 heavy (non-hydrogen) atoms. The number of tetrazole rings is 1. The maximum Gasteiger partial charge on any atom is 0.331 e. The highest BCUT2D eigenvalue weighted by Gasteiger charge is 2.52. The third-order valence-electron chi connectivity index (χ3n) is 3.92. The summed E-state index contributed by atoms with van der Waals surface area (Å²) in [6.45, 7) is 2.94. The van der Waals surface area contributed by atoms with Gasteiger partial charge in [-0.15, -0.1) is 5.10 Å². The maximum atomic E-state index is 11.9. The summed E-state index contributed by atoms with van der Waals surface area (Å²) in [5, 5.41) is 20.3. The van der Waals surface area contributed by atoms with Gasteiger partial charge in [-0.2, -0.15) is 0 Å². The first-order valence-electron chi connectivity index (χ1n) is 5.85. The largest absolute Gasteiger partial charge is 0.479 e. The summed E-state index contributed by atoms with van der Waals surface area (Å²) in [5.41, 5.74) is -1.21. The van der Waals surface area contributed by atoms with Gasteiger partial charge in [-0.05, 0) is 43.5 Å². The second-order valence-corrected chi connectivity index (χ2v) is 7.95. The van der Waals surface area contributed by atoms with Crippen LogP contribution in [0.3, 0.4) is 0 Å². The van der Waals surface area contributed by atoms with E-state index >= 15 is 0 Å². The van der Waals surface area contributed by atoms with Crippen molar-refractivity contribution in [2.45, 2.75) is 43.4 Å². The Labute approximate surface area is 110 Å². The normalized spacial score (nSPS) is 18.9. The lowest BCUT2D eigenvalue weighted by Gasteiger charge is -2.39. The molecule has 1 aliphatic rings. The molecule has 0 atom stereocenters. The molecular formula is C10H16N4O4S. The Kier molecular flexibility index (Phi) is 2.92. The van der Waals surface area contributed by atoms with E-state index in [1.54, 1.807) is 0 Å². The van der Waals surface area contributed by atoms with E-state index in [2.05, 4.69) is 15.5 Å². The molecule has 0 spiro atoms. The summed E-state index contributed by atoms with van der Waals surface area (Å²) in [6, 6.07) is 0. The number of hydrogen-bond donors (Lipinski definition) is 1. The van der Waals surface area contributed by atoms with Crippen LogP contribution in [0.4, 0.5) is 0 Å². The minimum absolute atomic E-state index is 0.0668. The first-order valence-corrected chi connectivity index (χ1v) is 7.74. The Morgan fingerprint density at radius 3 is 2.37 bits per heavy atom. The maximum absolute atomic E-state index is 11.9. The van der Waals surface area contributed by atoms with Gasteiger partial charge in [-0.25, -0.2) is 17.9 Å². The summed E-state index contributed by atoms with van der Waals surface area (Å²) >= 11 is 0. The van der Waals surface area contributed by atoms with Crippen LogP contribution in [0, 0.1) is 0 Å². The lowest BCUT2D eigenvalue weighted by molar-refractivity contribution is -0.153. The Morgan fingerprint density at radius 1 is 1.42 bits per heavy atom. The van der Waals surface area contributed by atoms with E-state index in [0.717, 1.165) is 12.7 Å². The van der Waals surface area contributed by atoms with Gasteiger partial charge in [0.1, 0.15) is 4.75 Å². The zero-order valence-corrected chi connectivity index (χ0v) is 11.8.